The van der Waals surface area contributed by atoms with E-state index < -0.39 is 16.2 Å². The number of anilines is 1. The maximum absolute atomic E-state index is 12.2. The maximum atomic E-state index is 12.2. The number of nitro benzene ring substituents is 1. The van der Waals surface area contributed by atoms with Crippen molar-refractivity contribution in [2.75, 3.05) is 5.43 Å². The number of aryl methyl sites for hydroxylation is 2. The van der Waals surface area contributed by atoms with Gasteiger partial charge in [-0.25, -0.2) is 10.2 Å². The van der Waals surface area contributed by atoms with Crippen LogP contribution in [0.5, 0.6) is 0 Å². The van der Waals surface area contributed by atoms with Crippen molar-refractivity contribution in [3.05, 3.63) is 60.8 Å². The Hall–Kier alpha value is -3.76. The SMILES string of the molecule is CCCn1c(NN=Cc2ccc([N+](=O)[O-])cc2)nc2c1c(=O)[nH]c(=O)n2C. The highest BCUT2D eigenvalue weighted by Gasteiger charge is 2.16. The average molecular weight is 371 g/mol. The molecule has 11 heteroatoms. The molecule has 2 heterocycles. The molecule has 0 aliphatic rings. The Bertz CT molecular complexity index is 1140. The van der Waals surface area contributed by atoms with Gasteiger partial charge in [-0.1, -0.05) is 6.92 Å². The highest BCUT2D eigenvalue weighted by Crippen LogP contribution is 2.16. The van der Waals surface area contributed by atoms with Gasteiger partial charge in [-0.3, -0.25) is 24.5 Å². The van der Waals surface area contributed by atoms with E-state index in [0.29, 0.717) is 18.1 Å². The van der Waals surface area contributed by atoms with Crippen molar-refractivity contribution < 1.29 is 4.92 Å². The summed E-state index contributed by atoms with van der Waals surface area (Å²) in [7, 11) is 1.52. The van der Waals surface area contributed by atoms with E-state index in [4.69, 9.17) is 0 Å². The Morgan fingerprint density at radius 3 is 2.67 bits per heavy atom. The van der Waals surface area contributed by atoms with Gasteiger partial charge in [0, 0.05) is 25.7 Å². The van der Waals surface area contributed by atoms with E-state index in [0.717, 1.165) is 6.42 Å². The number of hydrazone groups is 1. The fourth-order valence-corrected chi connectivity index (χ4v) is 2.61. The lowest BCUT2D eigenvalue weighted by Gasteiger charge is -2.05. The fourth-order valence-electron chi connectivity index (χ4n) is 2.61. The molecule has 0 aliphatic heterocycles. The summed E-state index contributed by atoms with van der Waals surface area (Å²) in [5.74, 6) is 0.316. The number of hydrogen-bond donors (Lipinski definition) is 2. The molecule has 27 heavy (non-hydrogen) atoms. The van der Waals surface area contributed by atoms with Crippen LogP contribution >= 0.6 is 0 Å². The standard InChI is InChI=1S/C16H17N7O4/c1-3-8-22-12-13(21(2)16(25)19-14(12)24)18-15(22)20-17-9-10-4-6-11(7-5-10)23(26)27/h4-7,9H,3,8H2,1-2H3,(H,18,20)(H,19,24,25). The maximum Gasteiger partial charge on any atom is 0.329 e. The highest BCUT2D eigenvalue weighted by molar-refractivity contribution is 5.81. The lowest BCUT2D eigenvalue weighted by molar-refractivity contribution is -0.384. The second-order valence-electron chi connectivity index (χ2n) is 5.80. The second-order valence-corrected chi connectivity index (χ2v) is 5.80. The van der Waals surface area contributed by atoms with Crippen LogP contribution in [0.1, 0.15) is 18.9 Å². The lowest BCUT2D eigenvalue weighted by atomic mass is 10.2. The van der Waals surface area contributed by atoms with Crippen LogP contribution in [0, 0.1) is 10.1 Å². The molecule has 0 amide bonds. The van der Waals surface area contributed by atoms with Gasteiger partial charge < -0.3 is 4.57 Å². The average Bonchev–Trinajstić information content (AvgIpc) is 3.00. The van der Waals surface area contributed by atoms with Gasteiger partial charge in [0.1, 0.15) is 0 Å². The first-order valence-corrected chi connectivity index (χ1v) is 8.15. The molecule has 2 aromatic heterocycles. The number of nitrogens with one attached hydrogen (secondary N) is 2. The number of hydrogen-bond acceptors (Lipinski definition) is 7. The van der Waals surface area contributed by atoms with Gasteiger partial charge in [-0.05, 0) is 24.1 Å². The first-order valence-electron chi connectivity index (χ1n) is 8.15. The van der Waals surface area contributed by atoms with Crippen LogP contribution in [-0.4, -0.2) is 30.2 Å². The molecule has 0 saturated carbocycles. The Morgan fingerprint density at radius 2 is 2.04 bits per heavy atom. The molecule has 2 N–H and O–H groups in total. The summed E-state index contributed by atoms with van der Waals surface area (Å²) >= 11 is 0. The third-order valence-electron chi connectivity index (χ3n) is 3.94. The molecule has 0 aliphatic carbocycles. The van der Waals surface area contributed by atoms with Crippen LogP contribution in [0.3, 0.4) is 0 Å². The van der Waals surface area contributed by atoms with Gasteiger partial charge in [0.25, 0.3) is 11.2 Å². The van der Waals surface area contributed by atoms with Crippen molar-refractivity contribution in [3.63, 3.8) is 0 Å². The predicted molar refractivity (Wildman–Crippen MR) is 100 cm³/mol. The van der Waals surface area contributed by atoms with E-state index in [1.165, 1.54) is 30.0 Å². The summed E-state index contributed by atoms with van der Waals surface area (Å²) in [6.45, 7) is 2.46. The summed E-state index contributed by atoms with van der Waals surface area (Å²) in [5, 5.41) is 14.7. The second kappa shape index (κ2) is 7.23. The van der Waals surface area contributed by atoms with E-state index in [1.807, 2.05) is 6.92 Å². The third-order valence-corrected chi connectivity index (χ3v) is 3.94. The molecule has 0 radical (unpaired) electrons. The van der Waals surface area contributed by atoms with Gasteiger partial charge in [-0.15, -0.1) is 0 Å². The Labute approximate surface area is 152 Å². The van der Waals surface area contributed by atoms with Crippen molar-refractivity contribution >= 4 is 29.0 Å². The van der Waals surface area contributed by atoms with Crippen LogP contribution in [0.25, 0.3) is 11.2 Å². The predicted octanol–water partition coefficient (Wildman–Crippen LogP) is 1.19. The number of benzene rings is 1. The molecule has 0 fully saturated rings. The molecule has 3 aromatic rings. The molecule has 0 unspecified atom stereocenters. The zero-order chi connectivity index (χ0) is 19.6. The summed E-state index contributed by atoms with van der Waals surface area (Å²) in [5.41, 5.74) is 2.89. The summed E-state index contributed by atoms with van der Waals surface area (Å²) in [6.07, 6.45) is 2.22. The summed E-state index contributed by atoms with van der Waals surface area (Å²) < 4.78 is 2.91. The number of non-ortho nitro benzene ring substituents is 1. The van der Waals surface area contributed by atoms with Crippen LogP contribution in [-0.2, 0) is 13.6 Å². The lowest BCUT2D eigenvalue weighted by Crippen LogP contribution is -2.29. The number of nitrogens with zero attached hydrogens (tertiary/aromatic N) is 5. The number of H-pyrrole nitrogens is 1. The van der Waals surface area contributed by atoms with Gasteiger partial charge in [0.05, 0.1) is 11.1 Å². The number of aromatic amines is 1. The molecule has 0 saturated heterocycles. The normalized spacial score (nSPS) is 11.3. The van der Waals surface area contributed by atoms with E-state index in [2.05, 4.69) is 20.5 Å². The molecule has 1 aromatic carbocycles. The molecule has 0 spiro atoms. The van der Waals surface area contributed by atoms with Crippen molar-refractivity contribution in [2.24, 2.45) is 12.1 Å². The zero-order valence-electron chi connectivity index (χ0n) is 14.7. The van der Waals surface area contributed by atoms with Crippen LogP contribution in [0.15, 0.2) is 39.0 Å². The monoisotopic (exact) mass is 371 g/mol. The Morgan fingerprint density at radius 1 is 1.33 bits per heavy atom. The molecular weight excluding hydrogens is 354 g/mol. The summed E-state index contributed by atoms with van der Waals surface area (Å²) in [6, 6.07) is 5.88. The molecule has 0 atom stereocenters. The third kappa shape index (κ3) is 3.47. The number of imidazole rings is 1. The minimum Gasteiger partial charge on any atom is -0.303 e. The van der Waals surface area contributed by atoms with Crippen LogP contribution in [0.2, 0.25) is 0 Å². The van der Waals surface area contributed by atoms with Crippen LogP contribution in [0.4, 0.5) is 11.6 Å². The molecule has 11 nitrogen and oxygen atoms in total. The van der Waals surface area contributed by atoms with E-state index in [-0.39, 0.29) is 16.9 Å². The molecular formula is C16H17N7O4. The first-order chi connectivity index (χ1) is 12.9. The van der Waals surface area contributed by atoms with Gasteiger partial charge >= 0.3 is 5.69 Å². The fraction of sp³-hybridized carbons (Fsp3) is 0.250. The van der Waals surface area contributed by atoms with Gasteiger partial charge in [-0.2, -0.15) is 10.1 Å². The number of rotatable bonds is 6. The molecule has 3 rings (SSSR count). The topological polar surface area (TPSA) is 140 Å². The van der Waals surface area contributed by atoms with Gasteiger partial charge in [0.15, 0.2) is 11.2 Å². The van der Waals surface area contributed by atoms with Crippen molar-refractivity contribution in [1.29, 1.82) is 0 Å². The number of nitro groups is 1. The minimum atomic E-state index is -0.547. The smallest absolute Gasteiger partial charge is 0.303 e. The van der Waals surface area contributed by atoms with Crippen LogP contribution < -0.4 is 16.7 Å². The largest absolute Gasteiger partial charge is 0.329 e. The zero-order valence-corrected chi connectivity index (χ0v) is 14.7. The minimum absolute atomic E-state index is 0.00927. The Balaban J connectivity index is 1.94. The summed E-state index contributed by atoms with van der Waals surface area (Å²) in [4.78, 5) is 40.7. The highest BCUT2D eigenvalue weighted by atomic mass is 16.6. The van der Waals surface area contributed by atoms with Crippen molar-refractivity contribution in [1.82, 2.24) is 19.1 Å². The van der Waals surface area contributed by atoms with Crippen molar-refractivity contribution in [3.8, 4) is 0 Å². The van der Waals surface area contributed by atoms with Gasteiger partial charge in [0.2, 0.25) is 5.95 Å². The van der Waals surface area contributed by atoms with E-state index in [1.54, 1.807) is 16.7 Å². The van der Waals surface area contributed by atoms with Crippen molar-refractivity contribution in [2.45, 2.75) is 19.9 Å². The molecule has 140 valence electrons. The van der Waals surface area contributed by atoms with E-state index >= 15 is 0 Å². The first kappa shape index (κ1) is 18.0. The number of fused-ring (bicyclic) bond motifs is 1. The Kier molecular flexibility index (Phi) is 4.83. The van der Waals surface area contributed by atoms with E-state index in [9.17, 15) is 19.7 Å². The molecule has 0 bridgehead atoms. The quantitative estimate of drug-likeness (QED) is 0.379. The number of aromatic nitrogens is 4.